The number of hydrogen-bond acceptors (Lipinski definition) is 10. The SMILES string of the molecule is CC(C)CC(=O)COCC(COCCC(=O)NC(C)C)NC(=O)c1cc(C(=O)NC(COCCC(=O)NC(C)C)COCCC(=O)NC(C)C)cc(C(C)C)c1. The second kappa shape index (κ2) is 27.6. The van der Waals surface area contributed by atoms with Gasteiger partial charge in [-0.3, -0.25) is 28.8 Å². The molecule has 318 valence electrons. The summed E-state index contributed by atoms with van der Waals surface area (Å²) in [5.41, 5.74) is 1.21. The van der Waals surface area contributed by atoms with E-state index in [1.54, 1.807) is 12.1 Å². The van der Waals surface area contributed by atoms with Crippen LogP contribution in [0.2, 0.25) is 0 Å². The number of ether oxygens (including phenoxy) is 4. The van der Waals surface area contributed by atoms with Crippen molar-refractivity contribution in [2.24, 2.45) is 5.92 Å². The summed E-state index contributed by atoms with van der Waals surface area (Å²) in [5, 5.41) is 14.3. The average Bonchev–Trinajstić information content (AvgIpc) is 3.08. The maximum atomic E-state index is 13.7. The molecule has 0 aromatic heterocycles. The number of ketones is 1. The van der Waals surface area contributed by atoms with E-state index >= 15 is 0 Å². The fourth-order valence-corrected chi connectivity index (χ4v) is 5.23. The van der Waals surface area contributed by atoms with Gasteiger partial charge in [0.05, 0.1) is 58.3 Å². The van der Waals surface area contributed by atoms with Crippen LogP contribution in [0, 0.1) is 5.92 Å². The number of hydrogen-bond donors (Lipinski definition) is 5. The normalized spacial score (nSPS) is 12.1. The quantitative estimate of drug-likeness (QED) is 0.0750. The summed E-state index contributed by atoms with van der Waals surface area (Å²) in [5.74, 6) is -1.32. The van der Waals surface area contributed by atoms with Gasteiger partial charge in [-0.05, 0) is 77.1 Å². The van der Waals surface area contributed by atoms with Crippen LogP contribution in [-0.4, -0.2) is 118 Å². The molecule has 5 amide bonds. The lowest BCUT2D eigenvalue weighted by molar-refractivity contribution is -0.125. The van der Waals surface area contributed by atoms with Gasteiger partial charge in [-0.25, -0.2) is 0 Å². The van der Waals surface area contributed by atoms with Crippen LogP contribution in [0.15, 0.2) is 18.2 Å². The Morgan fingerprint density at radius 2 is 0.857 bits per heavy atom. The minimum atomic E-state index is -0.661. The number of carbonyl (C=O) groups excluding carboxylic acids is 6. The summed E-state index contributed by atoms with van der Waals surface area (Å²) in [6.45, 7) is 19.3. The van der Waals surface area contributed by atoms with Crippen molar-refractivity contribution < 1.29 is 47.7 Å². The van der Waals surface area contributed by atoms with Gasteiger partial charge in [-0.1, -0.05) is 27.7 Å². The molecule has 0 radical (unpaired) electrons. The minimum Gasteiger partial charge on any atom is -0.379 e. The molecule has 0 aliphatic carbocycles. The standard InChI is InChI=1S/C41H69N5O10/c1-26(2)17-36(47)25-56-24-35(23-55-16-13-39(50)44-30(9)10)46-41(52)33-19-31(27(3)4)18-32(20-33)40(51)45-34(21-53-14-11-37(48)42-28(5)6)22-54-15-12-38(49)43-29(7)8/h18-20,26-30,34-35H,11-17,21-25H2,1-10H3,(H,42,48)(H,43,49)(H,44,50)(H,45,51)(H,46,52). The van der Waals surface area contributed by atoms with Crippen LogP contribution in [0.25, 0.3) is 0 Å². The molecule has 15 heteroatoms. The lowest BCUT2D eigenvalue weighted by Crippen LogP contribution is -2.43. The Bertz CT molecular complexity index is 1350. The van der Waals surface area contributed by atoms with E-state index in [9.17, 15) is 28.8 Å². The van der Waals surface area contributed by atoms with Crippen molar-refractivity contribution in [3.63, 3.8) is 0 Å². The van der Waals surface area contributed by atoms with E-state index in [4.69, 9.17) is 18.9 Å². The number of benzene rings is 1. The summed E-state index contributed by atoms with van der Waals surface area (Å²) in [6, 6.07) is 3.61. The van der Waals surface area contributed by atoms with Crippen LogP contribution in [0.4, 0.5) is 0 Å². The first-order valence-corrected chi connectivity index (χ1v) is 19.8. The van der Waals surface area contributed by atoms with E-state index in [1.165, 1.54) is 6.07 Å². The van der Waals surface area contributed by atoms with Crippen molar-refractivity contribution in [1.29, 1.82) is 0 Å². The number of nitrogens with one attached hydrogen (secondary N) is 5. The van der Waals surface area contributed by atoms with Crippen molar-refractivity contribution in [2.75, 3.05) is 52.9 Å². The molecule has 5 N–H and O–H groups in total. The van der Waals surface area contributed by atoms with Crippen molar-refractivity contribution in [3.05, 3.63) is 34.9 Å². The average molecular weight is 792 g/mol. The zero-order valence-electron chi connectivity index (χ0n) is 35.3. The number of rotatable bonds is 29. The molecule has 0 saturated carbocycles. The van der Waals surface area contributed by atoms with E-state index in [-0.39, 0.29) is 137 Å². The summed E-state index contributed by atoms with van der Waals surface area (Å²) < 4.78 is 22.9. The fourth-order valence-electron chi connectivity index (χ4n) is 5.23. The highest BCUT2D eigenvalue weighted by atomic mass is 16.5. The number of Topliss-reactive ketones (excluding diaryl/α,β-unsaturated/α-hetero) is 1. The van der Waals surface area contributed by atoms with Gasteiger partial charge in [-0.15, -0.1) is 0 Å². The van der Waals surface area contributed by atoms with Gasteiger partial charge in [0, 0.05) is 54.9 Å². The van der Waals surface area contributed by atoms with Crippen LogP contribution in [0.3, 0.4) is 0 Å². The Kier molecular flexibility index (Phi) is 24.7. The van der Waals surface area contributed by atoms with Crippen LogP contribution in [0.1, 0.15) is 127 Å². The predicted octanol–water partition coefficient (Wildman–Crippen LogP) is 3.43. The molecule has 0 spiro atoms. The van der Waals surface area contributed by atoms with Crippen molar-refractivity contribution in [2.45, 2.75) is 131 Å². The molecule has 1 aromatic carbocycles. The second-order valence-corrected chi connectivity index (χ2v) is 15.6. The molecule has 0 bridgehead atoms. The van der Waals surface area contributed by atoms with Gasteiger partial charge in [0.25, 0.3) is 11.8 Å². The van der Waals surface area contributed by atoms with Crippen molar-refractivity contribution in [1.82, 2.24) is 26.6 Å². The third-order valence-corrected chi connectivity index (χ3v) is 7.76. The van der Waals surface area contributed by atoms with Crippen LogP contribution >= 0.6 is 0 Å². The van der Waals surface area contributed by atoms with Crippen molar-refractivity contribution >= 4 is 35.3 Å². The molecule has 0 aliphatic rings. The molecule has 1 aromatic rings. The molecule has 0 fully saturated rings. The zero-order valence-corrected chi connectivity index (χ0v) is 35.3. The van der Waals surface area contributed by atoms with Gasteiger partial charge in [-0.2, -0.15) is 0 Å². The van der Waals surface area contributed by atoms with E-state index in [1.807, 2.05) is 69.2 Å². The summed E-state index contributed by atoms with van der Waals surface area (Å²) in [6.07, 6.45) is 0.792. The van der Waals surface area contributed by atoms with E-state index in [0.29, 0.717) is 6.42 Å². The molecular formula is C41H69N5O10. The molecule has 1 atom stereocenters. The van der Waals surface area contributed by atoms with Crippen LogP contribution < -0.4 is 26.6 Å². The molecule has 0 aliphatic heterocycles. The van der Waals surface area contributed by atoms with Crippen LogP contribution in [-0.2, 0) is 38.1 Å². The Hall–Kier alpha value is -3.92. The Morgan fingerprint density at radius 1 is 0.500 bits per heavy atom. The topological polar surface area (TPSA) is 199 Å². The summed E-state index contributed by atoms with van der Waals surface area (Å²) in [7, 11) is 0. The highest BCUT2D eigenvalue weighted by Crippen LogP contribution is 2.19. The highest BCUT2D eigenvalue weighted by molar-refractivity contribution is 6.00. The first-order valence-electron chi connectivity index (χ1n) is 19.8. The maximum Gasteiger partial charge on any atom is 0.251 e. The monoisotopic (exact) mass is 792 g/mol. The predicted molar refractivity (Wildman–Crippen MR) is 214 cm³/mol. The maximum absolute atomic E-state index is 13.7. The minimum absolute atomic E-state index is 0.00341. The molecule has 15 nitrogen and oxygen atoms in total. The molecule has 1 rings (SSSR count). The van der Waals surface area contributed by atoms with Crippen LogP contribution in [0.5, 0.6) is 0 Å². The van der Waals surface area contributed by atoms with Gasteiger partial charge in [0.1, 0.15) is 6.61 Å². The van der Waals surface area contributed by atoms with E-state index < -0.39 is 23.9 Å². The molecular weight excluding hydrogens is 722 g/mol. The second-order valence-electron chi connectivity index (χ2n) is 15.6. The lowest BCUT2D eigenvalue weighted by atomic mass is 9.96. The first kappa shape index (κ1) is 50.1. The molecule has 0 heterocycles. The Labute approximate surface area is 333 Å². The lowest BCUT2D eigenvalue weighted by Gasteiger charge is -2.21. The third kappa shape index (κ3) is 23.9. The summed E-state index contributed by atoms with van der Waals surface area (Å²) in [4.78, 5) is 76.0. The van der Waals surface area contributed by atoms with E-state index in [0.717, 1.165) is 5.56 Å². The fraction of sp³-hybridized carbons (Fsp3) is 0.707. The third-order valence-electron chi connectivity index (χ3n) is 7.76. The van der Waals surface area contributed by atoms with Gasteiger partial charge in [0.2, 0.25) is 17.7 Å². The first-order chi connectivity index (χ1) is 26.4. The smallest absolute Gasteiger partial charge is 0.251 e. The number of carbonyl (C=O) groups is 6. The van der Waals surface area contributed by atoms with Gasteiger partial charge >= 0.3 is 0 Å². The Balaban J connectivity index is 3.14. The zero-order chi connectivity index (χ0) is 42.2. The largest absolute Gasteiger partial charge is 0.379 e. The van der Waals surface area contributed by atoms with Gasteiger partial charge in [0.15, 0.2) is 5.78 Å². The van der Waals surface area contributed by atoms with Gasteiger partial charge < -0.3 is 45.5 Å². The summed E-state index contributed by atoms with van der Waals surface area (Å²) >= 11 is 0. The van der Waals surface area contributed by atoms with E-state index in [2.05, 4.69) is 26.6 Å². The number of amides is 5. The highest BCUT2D eigenvalue weighted by Gasteiger charge is 2.21. The van der Waals surface area contributed by atoms with Crippen molar-refractivity contribution in [3.8, 4) is 0 Å². The molecule has 1 unspecified atom stereocenters. The molecule has 0 saturated heterocycles. The molecule has 56 heavy (non-hydrogen) atoms. The Morgan fingerprint density at radius 3 is 1.18 bits per heavy atom.